The fourth-order valence-electron chi connectivity index (χ4n) is 3.81. The minimum absolute atomic E-state index is 0.111. The Labute approximate surface area is 233 Å². The lowest BCUT2D eigenvalue weighted by Gasteiger charge is -2.17. The summed E-state index contributed by atoms with van der Waals surface area (Å²) in [4.78, 5) is 11.8. The van der Waals surface area contributed by atoms with E-state index in [1.807, 2.05) is 0 Å². The van der Waals surface area contributed by atoms with Gasteiger partial charge in [0.15, 0.2) is 23.7 Å². The van der Waals surface area contributed by atoms with Crippen molar-refractivity contribution < 1.29 is 36.5 Å². The Hall–Kier alpha value is -3.66. The Kier molecular flexibility index (Phi) is 9.21. The zero-order valence-electron chi connectivity index (χ0n) is 22.5. The van der Waals surface area contributed by atoms with Gasteiger partial charge in [-0.15, -0.1) is 0 Å². The van der Waals surface area contributed by atoms with Gasteiger partial charge in [-0.05, 0) is 18.2 Å². The molecule has 4 rings (SSSR count). The number of ether oxygens (including phenoxy) is 2. The summed E-state index contributed by atoms with van der Waals surface area (Å²) in [6.45, 7) is 6.76. The molecule has 0 aliphatic rings. The molecule has 0 fully saturated rings. The highest BCUT2D eigenvalue weighted by Gasteiger charge is 2.37. The number of hydrogen-bond acceptors (Lipinski definition) is 8. The molecule has 1 aromatic carbocycles. The Morgan fingerprint density at radius 3 is 2.44 bits per heavy atom. The molecule has 4 aromatic rings. The van der Waals surface area contributed by atoms with E-state index in [9.17, 15) is 27.1 Å². The van der Waals surface area contributed by atoms with Crippen molar-refractivity contribution in [2.45, 2.75) is 51.5 Å². The number of benzene rings is 1. The lowest BCUT2D eigenvalue weighted by atomic mass is 10.2. The molecule has 0 amide bonds. The van der Waals surface area contributed by atoms with Crippen LogP contribution in [-0.4, -0.2) is 45.7 Å². The van der Waals surface area contributed by atoms with Crippen molar-refractivity contribution in [3.63, 3.8) is 0 Å². The van der Waals surface area contributed by atoms with Crippen molar-refractivity contribution in [1.29, 1.82) is 0 Å². The van der Waals surface area contributed by atoms with E-state index < -0.39 is 54.7 Å². The van der Waals surface area contributed by atoms with E-state index in [2.05, 4.69) is 45.2 Å². The van der Waals surface area contributed by atoms with Crippen LogP contribution in [0.25, 0.3) is 11.0 Å². The molecule has 220 valence electrons. The standard InChI is InChI=1S/C26H29F5N6O3Si/c1-41(2,3)9-8-39-15-37-13-18(26(29,30)31)22-21(5-7-33-24(22)37)40-23-19(27)10-17(11-20(23)28)36-25(38)34-12-16-4-6-32-14-35-16/h4-7,10-11,13-14,25,34,36,38H,8-9,12,15H2,1-3H3. The average Bonchev–Trinajstić information content (AvgIpc) is 3.28. The van der Waals surface area contributed by atoms with Crippen LogP contribution < -0.4 is 15.4 Å². The average molecular weight is 597 g/mol. The zero-order valence-corrected chi connectivity index (χ0v) is 23.5. The number of alkyl halides is 3. The second-order valence-electron chi connectivity index (χ2n) is 10.4. The van der Waals surface area contributed by atoms with E-state index in [4.69, 9.17) is 9.47 Å². The molecule has 41 heavy (non-hydrogen) atoms. The Balaban J connectivity index is 1.55. The van der Waals surface area contributed by atoms with Crippen molar-refractivity contribution in [3.05, 3.63) is 72.1 Å². The Morgan fingerprint density at radius 1 is 1.07 bits per heavy atom. The molecule has 3 N–H and O–H groups in total. The summed E-state index contributed by atoms with van der Waals surface area (Å²) in [6.07, 6.45) is -1.34. The molecule has 0 bridgehead atoms. The molecule has 0 radical (unpaired) electrons. The second kappa shape index (κ2) is 12.5. The molecule has 9 nitrogen and oxygen atoms in total. The van der Waals surface area contributed by atoms with E-state index in [1.165, 1.54) is 23.3 Å². The van der Waals surface area contributed by atoms with E-state index in [-0.39, 0.29) is 24.6 Å². The molecule has 15 heteroatoms. The van der Waals surface area contributed by atoms with Crippen molar-refractivity contribution in [1.82, 2.24) is 24.8 Å². The minimum atomic E-state index is -4.80. The SMILES string of the molecule is C[Si](C)(C)CCOCn1cc(C(F)(F)F)c2c(Oc3c(F)cc(NC(O)NCc4ccncn4)cc3F)ccnc21. The quantitative estimate of drug-likeness (QED) is 0.0828. The predicted octanol–water partition coefficient (Wildman–Crippen LogP) is 5.71. The van der Waals surface area contributed by atoms with Gasteiger partial charge in [-0.25, -0.2) is 23.7 Å². The van der Waals surface area contributed by atoms with Gasteiger partial charge >= 0.3 is 6.18 Å². The number of aliphatic hydroxyl groups excluding tert-OH is 1. The summed E-state index contributed by atoms with van der Waals surface area (Å²) in [7, 11) is -1.42. The maximum absolute atomic E-state index is 15.0. The first kappa shape index (κ1) is 30.3. The molecule has 3 heterocycles. The number of aliphatic hydroxyl groups is 1. The second-order valence-corrected chi connectivity index (χ2v) is 16.0. The molecule has 0 aliphatic carbocycles. The maximum atomic E-state index is 15.0. The largest absolute Gasteiger partial charge is 0.450 e. The summed E-state index contributed by atoms with van der Waals surface area (Å²) < 4.78 is 84.0. The highest BCUT2D eigenvalue weighted by atomic mass is 28.3. The number of nitrogens with one attached hydrogen (secondary N) is 2. The smallest absolute Gasteiger partial charge is 0.418 e. The summed E-state index contributed by atoms with van der Waals surface area (Å²) in [6, 6.07) is 5.21. The number of anilines is 1. The summed E-state index contributed by atoms with van der Waals surface area (Å²) in [5, 5.41) is 14.8. The van der Waals surface area contributed by atoms with Gasteiger partial charge in [0.05, 0.1) is 16.6 Å². The third-order valence-corrected chi connectivity index (χ3v) is 7.59. The van der Waals surface area contributed by atoms with Gasteiger partial charge in [0, 0.05) is 57.6 Å². The summed E-state index contributed by atoms with van der Waals surface area (Å²) in [5.41, 5.74) is -0.774. The third-order valence-electron chi connectivity index (χ3n) is 5.88. The number of aromatic nitrogens is 4. The molecule has 0 spiro atoms. The fraction of sp³-hybridized carbons (Fsp3) is 0.346. The minimum Gasteiger partial charge on any atom is -0.450 e. The number of halogens is 5. The molecule has 1 atom stereocenters. The van der Waals surface area contributed by atoms with E-state index >= 15 is 0 Å². The van der Waals surface area contributed by atoms with Crippen LogP contribution in [0.2, 0.25) is 25.7 Å². The van der Waals surface area contributed by atoms with E-state index in [0.717, 1.165) is 30.4 Å². The zero-order chi connectivity index (χ0) is 29.8. The maximum Gasteiger partial charge on any atom is 0.418 e. The summed E-state index contributed by atoms with van der Waals surface area (Å²) in [5.74, 6) is -3.77. The van der Waals surface area contributed by atoms with Gasteiger partial charge in [-0.2, -0.15) is 13.2 Å². The van der Waals surface area contributed by atoms with Gasteiger partial charge in [0.25, 0.3) is 0 Å². The Bertz CT molecular complexity index is 1460. The van der Waals surface area contributed by atoms with Crippen LogP contribution in [0.3, 0.4) is 0 Å². The molecule has 1 unspecified atom stereocenters. The predicted molar refractivity (Wildman–Crippen MR) is 144 cm³/mol. The third kappa shape index (κ3) is 7.97. The highest BCUT2D eigenvalue weighted by molar-refractivity contribution is 6.76. The molecule has 0 aliphatic heterocycles. The van der Waals surface area contributed by atoms with Crippen molar-refractivity contribution >= 4 is 24.8 Å². The Morgan fingerprint density at radius 2 is 1.80 bits per heavy atom. The molecular weight excluding hydrogens is 567 g/mol. The van der Waals surface area contributed by atoms with Crippen molar-refractivity contribution in [2.75, 3.05) is 11.9 Å². The number of hydrogen-bond donors (Lipinski definition) is 3. The van der Waals surface area contributed by atoms with Crippen LogP contribution in [0, 0.1) is 11.6 Å². The number of rotatable bonds is 12. The number of nitrogens with zero attached hydrogens (tertiary/aromatic N) is 4. The lowest BCUT2D eigenvalue weighted by molar-refractivity contribution is -0.136. The van der Waals surface area contributed by atoms with Crippen molar-refractivity contribution in [3.8, 4) is 11.5 Å². The van der Waals surface area contributed by atoms with Crippen LogP contribution in [0.1, 0.15) is 11.3 Å². The van der Waals surface area contributed by atoms with E-state index in [0.29, 0.717) is 12.3 Å². The van der Waals surface area contributed by atoms with Gasteiger partial charge < -0.3 is 24.5 Å². The number of fused-ring (bicyclic) bond motifs is 1. The normalized spacial score (nSPS) is 13.0. The first-order chi connectivity index (χ1) is 19.3. The van der Waals surface area contributed by atoms with Crippen LogP contribution >= 0.6 is 0 Å². The topological polar surface area (TPSA) is 106 Å². The van der Waals surface area contributed by atoms with Crippen LogP contribution in [-0.2, 0) is 24.2 Å². The lowest BCUT2D eigenvalue weighted by Crippen LogP contribution is -2.35. The summed E-state index contributed by atoms with van der Waals surface area (Å²) >= 11 is 0. The number of pyridine rings is 1. The van der Waals surface area contributed by atoms with Gasteiger partial charge in [0.1, 0.15) is 24.5 Å². The van der Waals surface area contributed by atoms with Gasteiger partial charge in [-0.3, -0.25) is 5.32 Å². The molecular formula is C26H29F5N6O3Si. The fourth-order valence-corrected chi connectivity index (χ4v) is 4.57. The van der Waals surface area contributed by atoms with Crippen LogP contribution in [0.15, 0.2) is 49.2 Å². The monoisotopic (exact) mass is 596 g/mol. The van der Waals surface area contributed by atoms with Gasteiger partial charge in [-0.1, -0.05) is 19.6 Å². The molecule has 0 saturated heterocycles. The highest BCUT2D eigenvalue weighted by Crippen LogP contribution is 2.42. The van der Waals surface area contributed by atoms with Crippen LogP contribution in [0.4, 0.5) is 27.6 Å². The van der Waals surface area contributed by atoms with Crippen molar-refractivity contribution in [2.24, 2.45) is 0 Å². The van der Waals surface area contributed by atoms with Gasteiger partial charge in [0.2, 0.25) is 0 Å². The first-order valence-corrected chi connectivity index (χ1v) is 16.2. The van der Waals surface area contributed by atoms with Crippen LogP contribution in [0.5, 0.6) is 11.5 Å². The first-order valence-electron chi connectivity index (χ1n) is 12.5. The molecule has 0 saturated carbocycles. The van der Waals surface area contributed by atoms with E-state index in [1.54, 1.807) is 6.07 Å². The molecule has 3 aromatic heterocycles.